The lowest BCUT2D eigenvalue weighted by Gasteiger charge is -2.11. The fraction of sp³-hybridized carbons (Fsp3) is 0.500. The fourth-order valence-electron chi connectivity index (χ4n) is 0.917. The van der Waals surface area contributed by atoms with Gasteiger partial charge in [0.05, 0.1) is 14.2 Å². The van der Waals surface area contributed by atoms with E-state index >= 15 is 0 Å². The number of hydrogen-bond acceptors (Lipinski definition) is 7. The largest absolute Gasteiger partial charge is 0.467 e. The molecule has 0 amide bonds. The smallest absolute Gasteiger partial charge is 0.328 e. The Morgan fingerprint density at radius 1 is 1.38 bits per heavy atom. The monoisotopic (exact) mass is 246 g/mol. The molecular weight excluding hydrogens is 236 g/mol. The molecule has 1 heterocycles. The maximum absolute atomic E-state index is 11.1. The van der Waals surface area contributed by atoms with Crippen molar-refractivity contribution in [2.45, 2.75) is 13.0 Å². The van der Waals surface area contributed by atoms with E-state index < -0.39 is 12.0 Å². The number of nitrogens with zero attached hydrogens (tertiary/aromatic N) is 3. The van der Waals surface area contributed by atoms with E-state index in [1.807, 2.05) is 0 Å². The molecule has 0 aliphatic carbocycles. The second-order valence-electron chi connectivity index (χ2n) is 2.80. The van der Waals surface area contributed by atoms with Crippen LogP contribution in [0.3, 0.4) is 0 Å². The lowest BCUT2D eigenvalue weighted by molar-refractivity contribution is -0.141. The van der Waals surface area contributed by atoms with Crippen molar-refractivity contribution in [1.29, 1.82) is 0 Å². The number of nitrogens with one attached hydrogen (secondary N) is 1. The number of anilines is 1. The van der Waals surface area contributed by atoms with Gasteiger partial charge in [0.1, 0.15) is 6.04 Å². The van der Waals surface area contributed by atoms with Gasteiger partial charge in [-0.3, -0.25) is 0 Å². The molecule has 0 radical (unpaired) electrons. The first-order chi connectivity index (χ1) is 7.56. The van der Waals surface area contributed by atoms with Crippen LogP contribution in [0.25, 0.3) is 0 Å². The second kappa shape index (κ2) is 5.45. The molecule has 1 unspecified atom stereocenters. The van der Waals surface area contributed by atoms with Crippen LogP contribution in [0.15, 0.2) is 0 Å². The van der Waals surface area contributed by atoms with Crippen LogP contribution < -0.4 is 10.1 Å². The van der Waals surface area contributed by atoms with E-state index in [1.165, 1.54) is 14.2 Å². The highest BCUT2D eigenvalue weighted by Gasteiger charge is 2.15. The predicted octanol–water partition coefficient (Wildman–Crippen LogP) is 0.507. The number of methoxy groups -OCH3 is 2. The molecule has 0 aliphatic rings. The SMILES string of the molecule is COC(=O)C(C)Nc1nc(Cl)nc(OC)n1. The molecular formula is C8H11ClN4O3. The minimum Gasteiger partial charge on any atom is -0.467 e. The van der Waals surface area contributed by atoms with Gasteiger partial charge in [0, 0.05) is 0 Å². The van der Waals surface area contributed by atoms with E-state index in [-0.39, 0.29) is 17.2 Å². The molecule has 0 fully saturated rings. The van der Waals surface area contributed by atoms with Crippen LogP contribution in [0, 0.1) is 0 Å². The third-order valence-corrected chi connectivity index (χ3v) is 1.84. The van der Waals surface area contributed by atoms with Crippen molar-refractivity contribution in [3.8, 4) is 6.01 Å². The molecule has 1 N–H and O–H groups in total. The number of aromatic nitrogens is 3. The average molecular weight is 247 g/mol. The molecule has 0 bridgehead atoms. The van der Waals surface area contributed by atoms with Gasteiger partial charge in [0.25, 0.3) is 0 Å². The van der Waals surface area contributed by atoms with Crippen LogP contribution in [0.4, 0.5) is 5.95 Å². The maximum atomic E-state index is 11.1. The van der Waals surface area contributed by atoms with Gasteiger partial charge >= 0.3 is 12.0 Å². The van der Waals surface area contributed by atoms with Crippen molar-refractivity contribution in [3.63, 3.8) is 0 Å². The van der Waals surface area contributed by atoms with Gasteiger partial charge in [-0.05, 0) is 18.5 Å². The van der Waals surface area contributed by atoms with Crippen LogP contribution >= 0.6 is 11.6 Å². The predicted molar refractivity (Wildman–Crippen MR) is 56.5 cm³/mol. The van der Waals surface area contributed by atoms with Gasteiger partial charge in [0.2, 0.25) is 11.2 Å². The molecule has 1 aromatic rings. The summed E-state index contributed by atoms with van der Waals surface area (Å²) in [6.45, 7) is 1.61. The average Bonchev–Trinajstić information content (AvgIpc) is 2.26. The molecule has 0 saturated carbocycles. The highest BCUT2D eigenvalue weighted by molar-refractivity contribution is 6.28. The minimum absolute atomic E-state index is 0.0218. The van der Waals surface area contributed by atoms with Crippen molar-refractivity contribution >= 4 is 23.5 Å². The van der Waals surface area contributed by atoms with Crippen LogP contribution in [-0.4, -0.2) is 41.2 Å². The summed E-state index contributed by atoms with van der Waals surface area (Å²) in [5.74, 6) is -0.287. The summed E-state index contributed by atoms with van der Waals surface area (Å²) >= 11 is 5.63. The molecule has 16 heavy (non-hydrogen) atoms. The Hall–Kier alpha value is -1.63. The van der Waals surface area contributed by atoms with E-state index in [4.69, 9.17) is 16.3 Å². The zero-order valence-electron chi connectivity index (χ0n) is 9.02. The van der Waals surface area contributed by atoms with Crippen LogP contribution in [0.5, 0.6) is 6.01 Å². The first-order valence-corrected chi connectivity index (χ1v) is 4.74. The fourth-order valence-corrected chi connectivity index (χ4v) is 1.07. The summed E-state index contributed by atoms with van der Waals surface area (Å²) in [5.41, 5.74) is 0. The molecule has 1 atom stereocenters. The number of ether oxygens (including phenoxy) is 2. The number of esters is 1. The van der Waals surface area contributed by atoms with Crippen molar-refractivity contribution in [2.75, 3.05) is 19.5 Å². The third kappa shape index (κ3) is 3.20. The summed E-state index contributed by atoms with van der Waals surface area (Å²) in [4.78, 5) is 22.5. The maximum Gasteiger partial charge on any atom is 0.328 e. The first kappa shape index (κ1) is 12.4. The Kier molecular flexibility index (Phi) is 4.24. The van der Waals surface area contributed by atoms with Crippen LogP contribution in [0.2, 0.25) is 5.28 Å². The molecule has 0 spiro atoms. The van der Waals surface area contributed by atoms with Gasteiger partial charge in [-0.2, -0.15) is 15.0 Å². The van der Waals surface area contributed by atoms with Gasteiger partial charge in [-0.1, -0.05) is 0 Å². The van der Waals surface area contributed by atoms with Gasteiger partial charge in [-0.25, -0.2) is 4.79 Å². The van der Waals surface area contributed by atoms with Gasteiger partial charge < -0.3 is 14.8 Å². The van der Waals surface area contributed by atoms with Gasteiger partial charge in [0.15, 0.2) is 0 Å². The number of hydrogen-bond donors (Lipinski definition) is 1. The summed E-state index contributed by atoms with van der Waals surface area (Å²) in [6.07, 6.45) is 0. The quantitative estimate of drug-likeness (QED) is 0.775. The topological polar surface area (TPSA) is 86.2 Å². The summed E-state index contributed by atoms with van der Waals surface area (Å²) in [7, 11) is 2.70. The minimum atomic E-state index is -0.590. The first-order valence-electron chi connectivity index (χ1n) is 4.36. The Morgan fingerprint density at radius 2 is 2.06 bits per heavy atom. The molecule has 8 heteroatoms. The third-order valence-electron chi connectivity index (χ3n) is 1.67. The zero-order valence-corrected chi connectivity index (χ0v) is 9.78. The molecule has 0 aliphatic heterocycles. The van der Waals surface area contributed by atoms with Crippen molar-refractivity contribution in [2.24, 2.45) is 0 Å². The van der Waals surface area contributed by atoms with Crippen molar-refractivity contribution < 1.29 is 14.3 Å². The molecule has 88 valence electrons. The standard InChI is InChI=1S/C8H11ClN4O3/c1-4(5(14)15-2)10-7-11-6(9)12-8(13-7)16-3/h4H,1-3H3,(H,10,11,12,13). The Labute approximate surface area is 97.2 Å². The van der Waals surface area contributed by atoms with E-state index in [0.717, 1.165) is 0 Å². The Balaban J connectivity index is 2.80. The highest BCUT2D eigenvalue weighted by atomic mass is 35.5. The normalized spacial score (nSPS) is 11.8. The molecule has 1 aromatic heterocycles. The van der Waals surface area contributed by atoms with Crippen molar-refractivity contribution in [3.05, 3.63) is 5.28 Å². The van der Waals surface area contributed by atoms with Crippen LogP contribution in [-0.2, 0) is 9.53 Å². The van der Waals surface area contributed by atoms with Gasteiger partial charge in [-0.15, -0.1) is 0 Å². The van der Waals surface area contributed by atoms with Crippen LogP contribution in [0.1, 0.15) is 6.92 Å². The number of carbonyl (C=O) groups is 1. The molecule has 0 aromatic carbocycles. The molecule has 1 rings (SSSR count). The van der Waals surface area contributed by atoms with Crippen molar-refractivity contribution in [1.82, 2.24) is 15.0 Å². The molecule has 7 nitrogen and oxygen atoms in total. The lowest BCUT2D eigenvalue weighted by atomic mass is 10.3. The number of rotatable bonds is 4. The van der Waals surface area contributed by atoms with E-state index in [1.54, 1.807) is 6.92 Å². The Morgan fingerprint density at radius 3 is 2.62 bits per heavy atom. The Bertz CT molecular complexity index is 388. The number of halogens is 1. The zero-order chi connectivity index (χ0) is 12.1. The van der Waals surface area contributed by atoms with E-state index in [2.05, 4.69) is 25.0 Å². The summed E-state index contributed by atoms with van der Waals surface area (Å²) in [6, 6.07) is -0.521. The summed E-state index contributed by atoms with van der Waals surface area (Å²) < 4.78 is 9.34. The number of carbonyl (C=O) groups excluding carboxylic acids is 1. The molecule has 0 saturated heterocycles. The lowest BCUT2D eigenvalue weighted by Crippen LogP contribution is -2.28. The second-order valence-corrected chi connectivity index (χ2v) is 3.14. The van der Waals surface area contributed by atoms with E-state index in [0.29, 0.717) is 0 Å². The highest BCUT2D eigenvalue weighted by Crippen LogP contribution is 2.11. The summed E-state index contributed by atoms with van der Waals surface area (Å²) in [5, 5.41) is 2.69. The van der Waals surface area contributed by atoms with E-state index in [9.17, 15) is 4.79 Å².